The van der Waals surface area contributed by atoms with E-state index in [0.717, 1.165) is 11.3 Å². The van der Waals surface area contributed by atoms with E-state index in [2.05, 4.69) is 25.3 Å². The van der Waals surface area contributed by atoms with Crippen LogP contribution in [-0.2, 0) is 6.54 Å². The first kappa shape index (κ1) is 23.1. The van der Waals surface area contributed by atoms with Gasteiger partial charge >= 0.3 is 12.2 Å². The smallest absolute Gasteiger partial charge is 0.405 e. The summed E-state index contributed by atoms with van der Waals surface area (Å²) in [6.07, 6.45) is 0.221. The number of rotatable bonds is 6. The number of hydrogen-bond acceptors (Lipinski definition) is 6. The van der Waals surface area contributed by atoms with Crippen molar-refractivity contribution in [1.29, 1.82) is 0 Å². The van der Waals surface area contributed by atoms with E-state index >= 15 is 0 Å². The van der Waals surface area contributed by atoms with E-state index in [1.807, 2.05) is 12.1 Å². The number of ether oxygens (including phenoxy) is 1. The maximum Gasteiger partial charge on any atom is 0.405 e. The Labute approximate surface area is 203 Å². The zero-order chi connectivity index (χ0) is 25.3. The first-order valence-electron chi connectivity index (χ1n) is 10.8. The number of H-pyrrole nitrogens is 1. The molecule has 2 N–H and O–H groups in total. The van der Waals surface area contributed by atoms with Gasteiger partial charge in [0.15, 0.2) is 5.82 Å². The van der Waals surface area contributed by atoms with Crippen molar-refractivity contribution in [3.8, 4) is 17.0 Å². The molecule has 5 rings (SSSR count). The van der Waals surface area contributed by atoms with Crippen LogP contribution < -0.4 is 19.9 Å². The van der Waals surface area contributed by atoms with Crippen LogP contribution in [0.25, 0.3) is 11.3 Å². The zero-order valence-corrected chi connectivity index (χ0v) is 19.0. The standard InChI is InChI=1S/C24H20F3N7O2/c1-36-19-8-6-17(7-9-19)33-12-16-10-29-22(30-13-24(25,26)27)32-21(16)34(23(33)35)18-4-2-15(3-5-18)20-11-28-14-31-20/h2-11,14H,12-13H2,1H3,(H,28,31)(H,29,30,32). The highest BCUT2D eigenvalue weighted by molar-refractivity contribution is 6.10. The molecule has 0 bridgehead atoms. The van der Waals surface area contributed by atoms with Crippen molar-refractivity contribution >= 4 is 29.2 Å². The second-order valence-corrected chi connectivity index (χ2v) is 7.93. The number of carbonyl (C=O) groups is 1. The molecule has 36 heavy (non-hydrogen) atoms. The lowest BCUT2D eigenvalue weighted by Crippen LogP contribution is -2.45. The number of imidazole rings is 1. The van der Waals surface area contributed by atoms with E-state index in [0.29, 0.717) is 22.7 Å². The Hall–Kier alpha value is -4.61. The average Bonchev–Trinajstić information content (AvgIpc) is 3.42. The Morgan fingerprint density at radius 2 is 1.78 bits per heavy atom. The number of hydrogen-bond donors (Lipinski definition) is 2. The topological polar surface area (TPSA) is 99.3 Å². The van der Waals surface area contributed by atoms with Crippen LogP contribution in [0.15, 0.2) is 67.3 Å². The number of amides is 2. The van der Waals surface area contributed by atoms with Gasteiger partial charge < -0.3 is 15.0 Å². The predicted octanol–water partition coefficient (Wildman–Crippen LogP) is 5.13. The summed E-state index contributed by atoms with van der Waals surface area (Å²) in [5.74, 6) is 0.619. The van der Waals surface area contributed by atoms with Gasteiger partial charge in [0.2, 0.25) is 5.95 Å². The molecule has 184 valence electrons. The van der Waals surface area contributed by atoms with Crippen molar-refractivity contribution in [3.63, 3.8) is 0 Å². The number of carbonyl (C=O) groups excluding carboxylic acids is 1. The Morgan fingerprint density at radius 1 is 1.06 bits per heavy atom. The number of methoxy groups -OCH3 is 1. The van der Waals surface area contributed by atoms with Crippen LogP contribution in [0.1, 0.15) is 5.56 Å². The molecule has 1 aliphatic heterocycles. The number of nitrogens with zero attached hydrogens (tertiary/aromatic N) is 5. The van der Waals surface area contributed by atoms with Crippen LogP contribution in [-0.4, -0.2) is 45.8 Å². The molecule has 0 spiro atoms. The molecule has 2 amide bonds. The van der Waals surface area contributed by atoms with E-state index in [4.69, 9.17) is 4.74 Å². The molecule has 3 heterocycles. The number of fused-ring (bicyclic) bond motifs is 1. The third-order valence-electron chi connectivity index (χ3n) is 5.57. The maximum absolute atomic E-state index is 13.7. The number of aromatic nitrogens is 4. The van der Waals surface area contributed by atoms with Gasteiger partial charge in [-0.25, -0.2) is 19.7 Å². The Morgan fingerprint density at radius 3 is 2.42 bits per heavy atom. The summed E-state index contributed by atoms with van der Waals surface area (Å²) in [6.45, 7) is -1.15. The second-order valence-electron chi connectivity index (χ2n) is 7.93. The van der Waals surface area contributed by atoms with Gasteiger partial charge in [0, 0.05) is 17.4 Å². The number of anilines is 4. The molecule has 0 radical (unpaired) electrons. The Kier molecular flexibility index (Phi) is 5.92. The number of nitrogens with one attached hydrogen (secondary N) is 2. The summed E-state index contributed by atoms with van der Waals surface area (Å²) in [5, 5.41) is 2.18. The summed E-state index contributed by atoms with van der Waals surface area (Å²) in [5.41, 5.74) is 3.32. The van der Waals surface area contributed by atoms with E-state index in [-0.39, 0.29) is 18.3 Å². The quantitative estimate of drug-likeness (QED) is 0.385. The van der Waals surface area contributed by atoms with Crippen molar-refractivity contribution in [2.24, 2.45) is 0 Å². The monoisotopic (exact) mass is 495 g/mol. The summed E-state index contributed by atoms with van der Waals surface area (Å²) >= 11 is 0. The summed E-state index contributed by atoms with van der Waals surface area (Å²) in [4.78, 5) is 32.0. The van der Waals surface area contributed by atoms with Gasteiger partial charge in [-0.2, -0.15) is 18.2 Å². The number of halogens is 3. The van der Waals surface area contributed by atoms with Gasteiger partial charge in [-0.05, 0) is 42.0 Å². The Balaban J connectivity index is 1.54. The van der Waals surface area contributed by atoms with E-state index < -0.39 is 18.8 Å². The molecule has 0 saturated carbocycles. The average molecular weight is 495 g/mol. The molecule has 0 atom stereocenters. The van der Waals surface area contributed by atoms with Gasteiger partial charge in [-0.1, -0.05) is 12.1 Å². The minimum Gasteiger partial charge on any atom is -0.497 e. The molecule has 2 aromatic heterocycles. The van der Waals surface area contributed by atoms with Crippen LogP contribution in [0.2, 0.25) is 0 Å². The van der Waals surface area contributed by atoms with Crippen molar-refractivity contribution in [3.05, 3.63) is 72.8 Å². The van der Waals surface area contributed by atoms with Crippen LogP contribution in [0.4, 0.5) is 41.1 Å². The lowest BCUT2D eigenvalue weighted by molar-refractivity contribution is -0.115. The number of urea groups is 1. The number of benzene rings is 2. The molecule has 9 nitrogen and oxygen atoms in total. The van der Waals surface area contributed by atoms with Crippen molar-refractivity contribution in [1.82, 2.24) is 19.9 Å². The van der Waals surface area contributed by atoms with Gasteiger partial charge in [0.1, 0.15) is 12.3 Å². The third kappa shape index (κ3) is 4.65. The van der Waals surface area contributed by atoms with E-state index in [9.17, 15) is 18.0 Å². The Bertz CT molecular complexity index is 1360. The van der Waals surface area contributed by atoms with Crippen LogP contribution >= 0.6 is 0 Å². The highest BCUT2D eigenvalue weighted by atomic mass is 19.4. The van der Waals surface area contributed by atoms with Crippen LogP contribution in [0.5, 0.6) is 5.75 Å². The summed E-state index contributed by atoms with van der Waals surface area (Å²) in [7, 11) is 1.55. The van der Waals surface area contributed by atoms with E-state index in [1.54, 1.807) is 56.0 Å². The SMILES string of the molecule is COc1ccc(N2Cc3cnc(NCC(F)(F)F)nc3N(c3ccc(-c4cnc[nH]4)cc3)C2=O)cc1. The van der Waals surface area contributed by atoms with Crippen molar-refractivity contribution in [2.45, 2.75) is 12.7 Å². The molecule has 1 aliphatic rings. The van der Waals surface area contributed by atoms with Gasteiger partial charge in [-0.15, -0.1) is 0 Å². The molecule has 0 saturated heterocycles. The lowest BCUT2D eigenvalue weighted by Gasteiger charge is -2.36. The number of aromatic amines is 1. The van der Waals surface area contributed by atoms with Crippen molar-refractivity contribution < 1.29 is 22.7 Å². The fraction of sp³-hybridized carbons (Fsp3) is 0.167. The molecule has 0 fully saturated rings. The lowest BCUT2D eigenvalue weighted by atomic mass is 10.1. The molecule has 2 aromatic carbocycles. The van der Waals surface area contributed by atoms with Crippen LogP contribution in [0.3, 0.4) is 0 Å². The maximum atomic E-state index is 13.7. The molecular weight excluding hydrogens is 475 g/mol. The third-order valence-corrected chi connectivity index (χ3v) is 5.57. The summed E-state index contributed by atoms with van der Waals surface area (Å²) < 4.78 is 43.4. The highest BCUT2D eigenvalue weighted by Crippen LogP contribution is 2.37. The highest BCUT2D eigenvalue weighted by Gasteiger charge is 2.35. The molecule has 4 aromatic rings. The minimum absolute atomic E-state index is 0.142. The fourth-order valence-corrected chi connectivity index (χ4v) is 3.82. The van der Waals surface area contributed by atoms with E-state index in [1.165, 1.54) is 16.0 Å². The summed E-state index contributed by atoms with van der Waals surface area (Å²) in [6, 6.07) is 13.7. The molecule has 0 unspecified atom stereocenters. The van der Waals surface area contributed by atoms with Crippen LogP contribution in [0, 0.1) is 0 Å². The second kappa shape index (κ2) is 9.21. The molecular formula is C24H20F3N7O2. The predicted molar refractivity (Wildman–Crippen MR) is 127 cm³/mol. The zero-order valence-electron chi connectivity index (χ0n) is 19.0. The van der Waals surface area contributed by atoms with Gasteiger partial charge in [-0.3, -0.25) is 4.90 Å². The first-order chi connectivity index (χ1) is 17.3. The van der Waals surface area contributed by atoms with Gasteiger partial charge in [0.05, 0.1) is 37.6 Å². The van der Waals surface area contributed by atoms with Crippen molar-refractivity contribution in [2.75, 3.05) is 28.8 Å². The molecule has 12 heteroatoms. The fourth-order valence-electron chi connectivity index (χ4n) is 3.82. The minimum atomic E-state index is -4.44. The largest absolute Gasteiger partial charge is 0.497 e. The number of alkyl halides is 3. The first-order valence-corrected chi connectivity index (χ1v) is 10.8. The van der Waals surface area contributed by atoms with Gasteiger partial charge in [0.25, 0.3) is 0 Å². The normalized spacial score (nSPS) is 13.5. The molecule has 0 aliphatic carbocycles.